The molecule has 0 radical (unpaired) electrons. The summed E-state index contributed by atoms with van der Waals surface area (Å²) in [5.41, 5.74) is 6.19. The van der Waals surface area contributed by atoms with Gasteiger partial charge in [-0.05, 0) is 32.0 Å². The summed E-state index contributed by atoms with van der Waals surface area (Å²) < 4.78 is 17.3. The normalized spacial score (nSPS) is 12.7. The molecular formula is C16H17N3O4. The van der Waals surface area contributed by atoms with Gasteiger partial charge in [-0.1, -0.05) is 0 Å². The second kappa shape index (κ2) is 6.04. The van der Waals surface area contributed by atoms with Crippen molar-refractivity contribution in [2.75, 3.05) is 13.9 Å². The Labute approximate surface area is 133 Å². The van der Waals surface area contributed by atoms with E-state index in [4.69, 9.17) is 9.47 Å². The van der Waals surface area contributed by atoms with Crippen molar-refractivity contribution >= 4 is 12.3 Å². The molecule has 0 unspecified atom stereocenters. The minimum absolute atomic E-state index is 0.250. The molecule has 2 aromatic rings. The Morgan fingerprint density at radius 1 is 1.30 bits per heavy atom. The second-order valence-corrected chi connectivity index (χ2v) is 5.06. The minimum Gasteiger partial charge on any atom is -0.454 e. The number of hydrazone groups is 1. The molecule has 0 spiro atoms. The molecule has 0 saturated heterocycles. The zero-order valence-corrected chi connectivity index (χ0v) is 13.1. The number of fused-ring (bicyclic) bond motifs is 1. The van der Waals surface area contributed by atoms with Gasteiger partial charge in [0, 0.05) is 28.7 Å². The van der Waals surface area contributed by atoms with Crippen LogP contribution < -0.4 is 14.9 Å². The first kappa shape index (κ1) is 15.0. The van der Waals surface area contributed by atoms with E-state index in [0.717, 1.165) is 34.1 Å². The summed E-state index contributed by atoms with van der Waals surface area (Å²) in [6.07, 6.45) is 0.980. The van der Waals surface area contributed by atoms with Crippen LogP contribution in [0.3, 0.4) is 0 Å². The van der Waals surface area contributed by atoms with Crippen molar-refractivity contribution in [3.8, 4) is 17.2 Å². The van der Waals surface area contributed by atoms with Gasteiger partial charge in [-0.3, -0.25) is 0 Å². The Kier molecular flexibility index (Phi) is 3.92. The summed E-state index contributed by atoms with van der Waals surface area (Å²) in [5, 5.41) is 3.87. The van der Waals surface area contributed by atoms with E-state index in [1.807, 2.05) is 38.1 Å². The predicted molar refractivity (Wildman–Crippen MR) is 84.5 cm³/mol. The van der Waals surface area contributed by atoms with E-state index < -0.39 is 6.09 Å². The highest BCUT2D eigenvalue weighted by Crippen LogP contribution is 2.34. The zero-order chi connectivity index (χ0) is 16.4. The molecule has 1 N–H and O–H groups in total. The lowest BCUT2D eigenvalue weighted by molar-refractivity contribution is 0.171. The average Bonchev–Trinajstić information content (AvgIpc) is 3.11. The highest BCUT2D eigenvalue weighted by atomic mass is 16.7. The Hall–Kier alpha value is -2.96. The van der Waals surface area contributed by atoms with Gasteiger partial charge < -0.3 is 18.8 Å². The number of ether oxygens (including phenoxy) is 3. The van der Waals surface area contributed by atoms with Crippen molar-refractivity contribution in [1.82, 2.24) is 9.99 Å². The van der Waals surface area contributed by atoms with Gasteiger partial charge in [-0.15, -0.1) is 0 Å². The predicted octanol–water partition coefficient (Wildman–Crippen LogP) is 2.51. The van der Waals surface area contributed by atoms with Gasteiger partial charge in [0.25, 0.3) is 0 Å². The summed E-state index contributed by atoms with van der Waals surface area (Å²) in [6, 6.07) is 7.79. The molecule has 7 nitrogen and oxygen atoms in total. The van der Waals surface area contributed by atoms with E-state index in [1.54, 1.807) is 6.21 Å². The lowest BCUT2D eigenvalue weighted by Crippen LogP contribution is -2.16. The monoisotopic (exact) mass is 315 g/mol. The number of nitrogens with one attached hydrogen (secondary N) is 1. The molecule has 0 bridgehead atoms. The van der Waals surface area contributed by atoms with Crippen LogP contribution in [0.4, 0.5) is 4.79 Å². The largest absolute Gasteiger partial charge is 0.454 e. The maximum atomic E-state index is 11.0. The van der Waals surface area contributed by atoms with Crippen LogP contribution in [0.15, 0.2) is 29.4 Å². The van der Waals surface area contributed by atoms with Crippen LogP contribution in [0.1, 0.15) is 17.0 Å². The summed E-state index contributed by atoms with van der Waals surface area (Å²) in [4.78, 5) is 11.0. The first-order chi connectivity index (χ1) is 11.1. The number of aryl methyl sites for hydroxylation is 1. The van der Waals surface area contributed by atoms with Crippen LogP contribution in [0.5, 0.6) is 11.5 Å². The fourth-order valence-corrected chi connectivity index (χ4v) is 2.54. The fraction of sp³-hybridized carbons (Fsp3) is 0.250. The van der Waals surface area contributed by atoms with Crippen molar-refractivity contribution in [2.24, 2.45) is 5.10 Å². The molecule has 2 heterocycles. The van der Waals surface area contributed by atoms with E-state index in [-0.39, 0.29) is 6.79 Å². The quantitative estimate of drug-likeness (QED) is 0.697. The number of carbonyl (C=O) groups excluding carboxylic acids is 1. The van der Waals surface area contributed by atoms with Gasteiger partial charge in [0.05, 0.1) is 13.3 Å². The van der Waals surface area contributed by atoms with Crippen LogP contribution in [-0.4, -0.2) is 30.8 Å². The maximum absolute atomic E-state index is 11.0. The smallest absolute Gasteiger partial charge is 0.427 e. The summed E-state index contributed by atoms with van der Waals surface area (Å²) in [7, 11) is 1.29. The van der Waals surface area contributed by atoms with Crippen molar-refractivity contribution in [3.63, 3.8) is 0 Å². The number of benzene rings is 1. The lowest BCUT2D eigenvalue weighted by Gasteiger charge is -2.10. The molecule has 1 aromatic heterocycles. The number of aromatic nitrogens is 1. The number of methoxy groups -OCH3 is 1. The second-order valence-electron chi connectivity index (χ2n) is 5.06. The topological polar surface area (TPSA) is 74.1 Å². The molecular weight excluding hydrogens is 298 g/mol. The third-order valence-corrected chi connectivity index (χ3v) is 3.63. The number of hydrogen-bond acceptors (Lipinski definition) is 5. The van der Waals surface area contributed by atoms with Crippen LogP contribution in [0, 0.1) is 13.8 Å². The molecule has 1 aliphatic heterocycles. The number of rotatable bonds is 3. The van der Waals surface area contributed by atoms with Crippen LogP contribution in [-0.2, 0) is 4.74 Å². The molecule has 7 heteroatoms. The van der Waals surface area contributed by atoms with E-state index in [0.29, 0.717) is 0 Å². The first-order valence-electron chi connectivity index (χ1n) is 7.06. The molecule has 0 fully saturated rings. The fourth-order valence-electron chi connectivity index (χ4n) is 2.54. The maximum Gasteiger partial charge on any atom is 0.427 e. The minimum atomic E-state index is -0.606. The Bertz CT molecular complexity index is 780. The van der Waals surface area contributed by atoms with Crippen LogP contribution in [0.25, 0.3) is 5.69 Å². The number of amides is 1. The third kappa shape index (κ3) is 2.85. The van der Waals surface area contributed by atoms with Gasteiger partial charge in [-0.25, -0.2) is 10.2 Å². The molecule has 23 heavy (non-hydrogen) atoms. The van der Waals surface area contributed by atoms with E-state index >= 15 is 0 Å². The molecule has 0 saturated carbocycles. The van der Waals surface area contributed by atoms with Crippen LogP contribution >= 0.6 is 0 Å². The van der Waals surface area contributed by atoms with E-state index in [1.165, 1.54) is 7.11 Å². The van der Waals surface area contributed by atoms with Crippen molar-refractivity contribution in [3.05, 3.63) is 41.2 Å². The molecule has 3 rings (SSSR count). The van der Waals surface area contributed by atoms with Crippen molar-refractivity contribution in [2.45, 2.75) is 13.8 Å². The van der Waals surface area contributed by atoms with Gasteiger partial charge in [0.2, 0.25) is 6.79 Å². The van der Waals surface area contributed by atoms with Gasteiger partial charge >= 0.3 is 6.09 Å². The molecule has 1 aromatic carbocycles. The van der Waals surface area contributed by atoms with Crippen molar-refractivity contribution < 1.29 is 19.0 Å². The van der Waals surface area contributed by atoms with E-state index in [9.17, 15) is 4.79 Å². The average molecular weight is 315 g/mol. The SMILES string of the molecule is COC(=O)N/N=C\c1cc(C)n(-c2ccc3c(c2)OCO3)c1C. The Morgan fingerprint density at radius 2 is 2.09 bits per heavy atom. The van der Waals surface area contributed by atoms with Crippen molar-refractivity contribution in [1.29, 1.82) is 0 Å². The Morgan fingerprint density at radius 3 is 2.87 bits per heavy atom. The summed E-state index contributed by atoms with van der Waals surface area (Å²) in [6.45, 7) is 4.24. The van der Waals surface area contributed by atoms with Gasteiger partial charge in [0.1, 0.15) is 0 Å². The van der Waals surface area contributed by atoms with Crippen LogP contribution in [0.2, 0.25) is 0 Å². The third-order valence-electron chi connectivity index (χ3n) is 3.63. The molecule has 0 aliphatic carbocycles. The molecule has 0 atom stereocenters. The highest BCUT2D eigenvalue weighted by molar-refractivity contribution is 5.83. The van der Waals surface area contributed by atoms with Gasteiger partial charge in [0.15, 0.2) is 11.5 Å². The van der Waals surface area contributed by atoms with E-state index in [2.05, 4.69) is 19.8 Å². The standard InChI is InChI=1S/C16H17N3O4/c1-10-6-12(8-17-18-16(20)21-3)11(2)19(10)13-4-5-14-15(7-13)23-9-22-14/h4-8H,9H2,1-3H3,(H,18,20)/b17-8-. The molecule has 1 amide bonds. The number of hydrogen-bond donors (Lipinski definition) is 1. The number of carbonyl (C=O) groups is 1. The first-order valence-corrected chi connectivity index (χ1v) is 7.06. The number of nitrogens with zero attached hydrogens (tertiary/aromatic N) is 2. The molecule has 120 valence electrons. The van der Waals surface area contributed by atoms with Gasteiger partial charge in [-0.2, -0.15) is 5.10 Å². The summed E-state index contributed by atoms with van der Waals surface area (Å²) in [5.74, 6) is 1.48. The summed E-state index contributed by atoms with van der Waals surface area (Å²) >= 11 is 0. The lowest BCUT2D eigenvalue weighted by atomic mass is 10.2. The Balaban J connectivity index is 1.90. The zero-order valence-electron chi connectivity index (χ0n) is 13.1. The molecule has 1 aliphatic rings. The highest BCUT2D eigenvalue weighted by Gasteiger charge is 2.16.